The molecule has 1 fully saturated rings. The molecule has 1 heterocycles. The number of carbonyl (C=O) groups is 1. The molecule has 1 amide bonds. The van der Waals surface area contributed by atoms with E-state index in [0.717, 1.165) is 51.2 Å². The second-order valence-electron chi connectivity index (χ2n) is 8.40. The first-order valence-electron chi connectivity index (χ1n) is 10.6. The Balaban J connectivity index is 0.00000300. The monoisotopic (exact) mass is 533 g/mol. The van der Waals surface area contributed by atoms with Crippen molar-refractivity contribution in [3.05, 3.63) is 15.6 Å². The van der Waals surface area contributed by atoms with E-state index in [-0.39, 0.29) is 35.3 Å². The summed E-state index contributed by atoms with van der Waals surface area (Å²) < 4.78 is 0. The second-order valence-corrected chi connectivity index (χ2v) is 9.57. The molecule has 0 bridgehead atoms. The van der Waals surface area contributed by atoms with Gasteiger partial charge in [0.05, 0.1) is 24.2 Å². The molecule has 1 aromatic rings. The molecule has 0 radical (unpaired) electrons. The summed E-state index contributed by atoms with van der Waals surface area (Å²) in [5.74, 6) is 1.09. The number of nitrogens with zero attached hydrogens (tertiary/aromatic N) is 4. The largest absolute Gasteiger partial charge is 0.357 e. The van der Waals surface area contributed by atoms with Crippen LogP contribution in [0.3, 0.4) is 0 Å². The lowest BCUT2D eigenvalue weighted by molar-refractivity contribution is -0.138. The molecule has 8 heteroatoms. The van der Waals surface area contributed by atoms with Crippen molar-refractivity contribution in [2.24, 2.45) is 10.4 Å². The summed E-state index contributed by atoms with van der Waals surface area (Å²) in [5.41, 5.74) is 0.980. The molecule has 3 rings (SSSR count). The van der Waals surface area contributed by atoms with Gasteiger partial charge in [-0.25, -0.2) is 4.98 Å². The molecule has 2 aliphatic carbocycles. The van der Waals surface area contributed by atoms with Crippen molar-refractivity contribution < 1.29 is 4.79 Å². The van der Waals surface area contributed by atoms with Gasteiger partial charge in [0.25, 0.3) is 0 Å². The highest BCUT2D eigenvalue weighted by atomic mass is 127. The van der Waals surface area contributed by atoms with E-state index < -0.39 is 0 Å². The van der Waals surface area contributed by atoms with Crippen molar-refractivity contribution >= 4 is 47.2 Å². The molecule has 1 N–H and O–H groups in total. The van der Waals surface area contributed by atoms with E-state index in [1.807, 2.05) is 25.4 Å². The molecular weight excluding hydrogens is 497 g/mol. The van der Waals surface area contributed by atoms with Crippen LogP contribution < -0.4 is 5.32 Å². The summed E-state index contributed by atoms with van der Waals surface area (Å²) in [6.45, 7) is 4.22. The Bertz CT molecular complexity index is 688. The summed E-state index contributed by atoms with van der Waals surface area (Å²) in [6.07, 6.45) is 8.97. The van der Waals surface area contributed by atoms with Crippen LogP contribution in [-0.2, 0) is 24.2 Å². The lowest BCUT2D eigenvalue weighted by Crippen LogP contribution is -2.43. The first kappa shape index (κ1) is 24.4. The molecule has 0 aliphatic heterocycles. The van der Waals surface area contributed by atoms with Crippen molar-refractivity contribution in [2.75, 3.05) is 34.2 Å². The standard InChI is InChI=1S/C21H35N5OS.HI/c1-5-22-20(23-15-21(12-8-9-13-21)19(27)25(2)3)26(4)14-18-24-16-10-6-7-11-17(16)28-18;/h5-15H2,1-4H3,(H,22,23);1H. The van der Waals surface area contributed by atoms with E-state index in [1.165, 1.54) is 34.8 Å². The summed E-state index contributed by atoms with van der Waals surface area (Å²) in [5, 5.41) is 4.57. The number of halogens is 1. The zero-order chi connectivity index (χ0) is 20.1. The van der Waals surface area contributed by atoms with Crippen molar-refractivity contribution in [1.82, 2.24) is 20.1 Å². The molecule has 29 heavy (non-hydrogen) atoms. The zero-order valence-electron chi connectivity index (χ0n) is 18.3. The van der Waals surface area contributed by atoms with Gasteiger partial charge in [0.2, 0.25) is 5.91 Å². The van der Waals surface area contributed by atoms with Crippen LogP contribution in [0.15, 0.2) is 4.99 Å². The third-order valence-electron chi connectivity index (χ3n) is 5.91. The van der Waals surface area contributed by atoms with Gasteiger partial charge in [-0.05, 0) is 45.4 Å². The molecule has 0 unspecified atom stereocenters. The molecule has 1 aromatic heterocycles. The van der Waals surface area contributed by atoms with E-state index in [2.05, 4.69) is 24.2 Å². The maximum absolute atomic E-state index is 12.8. The predicted octanol–water partition coefficient (Wildman–Crippen LogP) is 3.69. The highest BCUT2D eigenvalue weighted by Crippen LogP contribution is 2.39. The highest BCUT2D eigenvalue weighted by Gasteiger charge is 2.42. The smallest absolute Gasteiger partial charge is 0.230 e. The number of aromatic nitrogens is 1. The Hall–Kier alpha value is -0.900. The molecule has 6 nitrogen and oxygen atoms in total. The molecule has 0 atom stereocenters. The van der Waals surface area contributed by atoms with Crippen LogP contribution in [0.2, 0.25) is 0 Å². The van der Waals surface area contributed by atoms with E-state index >= 15 is 0 Å². The lowest BCUT2D eigenvalue weighted by atomic mass is 9.85. The van der Waals surface area contributed by atoms with Gasteiger partial charge in [-0.2, -0.15) is 0 Å². The molecule has 0 aromatic carbocycles. The fourth-order valence-electron chi connectivity index (χ4n) is 4.41. The van der Waals surface area contributed by atoms with Crippen LogP contribution in [-0.4, -0.2) is 60.9 Å². The van der Waals surface area contributed by atoms with Crippen LogP contribution in [0.1, 0.15) is 61.0 Å². The maximum Gasteiger partial charge on any atom is 0.230 e. The van der Waals surface area contributed by atoms with Crippen LogP contribution in [0, 0.1) is 5.41 Å². The number of hydrogen-bond donors (Lipinski definition) is 1. The average Bonchev–Trinajstić information content (AvgIpc) is 3.31. The number of rotatable bonds is 6. The first-order chi connectivity index (χ1) is 13.4. The third kappa shape index (κ3) is 5.83. The maximum atomic E-state index is 12.8. The molecule has 0 saturated heterocycles. The van der Waals surface area contributed by atoms with E-state index in [9.17, 15) is 4.79 Å². The number of guanidine groups is 1. The number of nitrogens with one attached hydrogen (secondary N) is 1. The molecule has 0 spiro atoms. The molecule has 164 valence electrons. The fourth-order valence-corrected chi connectivity index (χ4v) is 5.62. The summed E-state index contributed by atoms with van der Waals surface area (Å²) in [4.78, 5) is 28.0. The number of aryl methyl sites for hydroxylation is 2. The second kappa shape index (κ2) is 10.9. The molecular formula is C21H36IN5OS. The van der Waals surface area contributed by atoms with Crippen molar-refractivity contribution in [1.29, 1.82) is 0 Å². The van der Waals surface area contributed by atoms with Crippen molar-refractivity contribution in [3.63, 3.8) is 0 Å². The Morgan fingerprint density at radius 1 is 1.17 bits per heavy atom. The van der Waals surface area contributed by atoms with Crippen molar-refractivity contribution in [3.8, 4) is 0 Å². The van der Waals surface area contributed by atoms with Gasteiger partial charge >= 0.3 is 0 Å². The normalized spacial score (nSPS) is 18.0. The third-order valence-corrected chi connectivity index (χ3v) is 7.05. The fraction of sp³-hybridized carbons (Fsp3) is 0.762. The minimum absolute atomic E-state index is 0. The van der Waals surface area contributed by atoms with Crippen LogP contribution >= 0.6 is 35.3 Å². The number of carbonyl (C=O) groups excluding carboxylic acids is 1. The SMILES string of the molecule is CCNC(=NCC1(C(=O)N(C)C)CCCC1)N(C)Cc1nc2c(s1)CCCC2.I. The van der Waals surface area contributed by atoms with Gasteiger partial charge in [0.15, 0.2) is 5.96 Å². The zero-order valence-corrected chi connectivity index (χ0v) is 21.4. The van der Waals surface area contributed by atoms with Crippen LogP contribution in [0.25, 0.3) is 0 Å². The van der Waals surface area contributed by atoms with Gasteiger partial charge in [-0.15, -0.1) is 35.3 Å². The van der Waals surface area contributed by atoms with Crippen molar-refractivity contribution in [2.45, 2.75) is 64.8 Å². The van der Waals surface area contributed by atoms with Crippen LogP contribution in [0.4, 0.5) is 0 Å². The van der Waals surface area contributed by atoms with Gasteiger partial charge in [0, 0.05) is 32.6 Å². The van der Waals surface area contributed by atoms with Gasteiger partial charge in [-0.1, -0.05) is 12.8 Å². The topological polar surface area (TPSA) is 60.8 Å². The summed E-state index contributed by atoms with van der Waals surface area (Å²) in [7, 11) is 5.78. The Morgan fingerprint density at radius 3 is 2.48 bits per heavy atom. The Kier molecular flexibility index (Phi) is 9.18. The Morgan fingerprint density at radius 2 is 1.86 bits per heavy atom. The number of hydrogen-bond acceptors (Lipinski definition) is 4. The molecule has 2 aliphatic rings. The summed E-state index contributed by atoms with van der Waals surface area (Å²) >= 11 is 1.85. The highest BCUT2D eigenvalue weighted by molar-refractivity contribution is 14.0. The quantitative estimate of drug-likeness (QED) is 0.345. The minimum Gasteiger partial charge on any atom is -0.357 e. The number of amides is 1. The molecule has 1 saturated carbocycles. The van der Waals surface area contributed by atoms with Crippen LogP contribution in [0.5, 0.6) is 0 Å². The Labute approximate surface area is 196 Å². The predicted molar refractivity (Wildman–Crippen MR) is 131 cm³/mol. The summed E-state index contributed by atoms with van der Waals surface area (Å²) in [6, 6.07) is 0. The van der Waals surface area contributed by atoms with E-state index in [1.54, 1.807) is 4.90 Å². The number of fused-ring (bicyclic) bond motifs is 1. The van der Waals surface area contributed by atoms with Gasteiger partial charge in [0.1, 0.15) is 5.01 Å². The van der Waals surface area contributed by atoms with E-state index in [0.29, 0.717) is 6.54 Å². The average molecular weight is 534 g/mol. The minimum atomic E-state index is -0.328. The lowest BCUT2D eigenvalue weighted by Gasteiger charge is -2.30. The van der Waals surface area contributed by atoms with Gasteiger partial charge < -0.3 is 15.1 Å². The van der Waals surface area contributed by atoms with Gasteiger partial charge in [-0.3, -0.25) is 9.79 Å². The van der Waals surface area contributed by atoms with E-state index in [4.69, 9.17) is 9.98 Å². The first-order valence-corrected chi connectivity index (χ1v) is 11.5. The number of aliphatic imine (C=N–C) groups is 1. The number of thiazole rings is 1.